The fourth-order valence-electron chi connectivity index (χ4n) is 2.29. The van der Waals surface area contributed by atoms with Crippen molar-refractivity contribution in [3.05, 3.63) is 0 Å². The molecule has 0 aromatic rings. The van der Waals surface area contributed by atoms with E-state index in [0.29, 0.717) is 11.3 Å². The fourth-order valence-corrected chi connectivity index (χ4v) is 2.29. The largest absolute Gasteiger partial charge is 0.471 e. The molecule has 0 aromatic heterocycles. The van der Waals surface area contributed by atoms with Gasteiger partial charge in [-0.25, -0.2) is 4.79 Å². The summed E-state index contributed by atoms with van der Waals surface area (Å²) in [6.07, 6.45) is 1.75. The van der Waals surface area contributed by atoms with Crippen LogP contribution in [0.2, 0.25) is 0 Å². The van der Waals surface area contributed by atoms with Gasteiger partial charge in [-0.3, -0.25) is 4.79 Å². The zero-order valence-corrected chi connectivity index (χ0v) is 10.7. The molecule has 1 aliphatic heterocycles. The van der Waals surface area contributed by atoms with Crippen molar-refractivity contribution in [2.24, 2.45) is 5.92 Å². The molecular weight excluding hydrogens is 275 g/mol. The van der Waals surface area contributed by atoms with E-state index >= 15 is 0 Å². The lowest BCUT2D eigenvalue weighted by atomic mass is 10.2. The second-order valence-electron chi connectivity index (χ2n) is 5.02. The van der Waals surface area contributed by atoms with Crippen molar-refractivity contribution >= 4 is 11.9 Å². The zero-order chi connectivity index (χ0) is 14.9. The van der Waals surface area contributed by atoms with E-state index in [-0.39, 0.29) is 18.9 Å². The number of likely N-dealkylation sites (tertiary alicyclic amines) is 1. The average Bonchev–Trinajstić information content (AvgIpc) is 3.10. The second kappa shape index (κ2) is 5.35. The van der Waals surface area contributed by atoms with Gasteiger partial charge in [0, 0.05) is 12.5 Å². The Morgan fingerprint density at radius 2 is 1.95 bits per heavy atom. The molecule has 2 aliphatic rings. The van der Waals surface area contributed by atoms with Crippen LogP contribution in [-0.2, 0) is 14.3 Å². The van der Waals surface area contributed by atoms with Gasteiger partial charge in [0.1, 0.15) is 6.04 Å². The summed E-state index contributed by atoms with van der Waals surface area (Å²) in [4.78, 5) is 23.7. The lowest BCUT2D eigenvalue weighted by Crippen LogP contribution is -2.48. The minimum atomic E-state index is -4.98. The van der Waals surface area contributed by atoms with Crippen LogP contribution in [0.5, 0.6) is 0 Å². The number of halogens is 3. The van der Waals surface area contributed by atoms with Crippen LogP contribution >= 0.6 is 0 Å². The van der Waals surface area contributed by atoms with E-state index < -0.39 is 30.2 Å². The maximum absolute atomic E-state index is 12.4. The van der Waals surface area contributed by atoms with Gasteiger partial charge in [-0.15, -0.1) is 6.42 Å². The van der Waals surface area contributed by atoms with Crippen LogP contribution in [0.15, 0.2) is 0 Å². The Morgan fingerprint density at radius 1 is 1.30 bits per heavy atom. The maximum atomic E-state index is 12.4. The molecule has 1 saturated carbocycles. The lowest BCUT2D eigenvalue weighted by Gasteiger charge is -2.25. The number of nitrogens with zero attached hydrogens (tertiary/aromatic N) is 1. The Balaban J connectivity index is 2.01. The topological polar surface area (TPSA) is 46.6 Å². The number of carbonyl (C=O) groups is 2. The van der Waals surface area contributed by atoms with Crippen molar-refractivity contribution in [1.29, 1.82) is 0 Å². The number of alkyl halides is 3. The quantitative estimate of drug-likeness (QED) is 0.584. The zero-order valence-electron chi connectivity index (χ0n) is 10.7. The summed E-state index contributed by atoms with van der Waals surface area (Å²) >= 11 is 0. The van der Waals surface area contributed by atoms with E-state index in [9.17, 15) is 22.8 Å². The average molecular weight is 289 g/mol. The summed E-state index contributed by atoms with van der Waals surface area (Å²) in [6.45, 7) is -0.0950. The van der Waals surface area contributed by atoms with Crippen molar-refractivity contribution in [1.82, 2.24) is 4.90 Å². The molecule has 4 nitrogen and oxygen atoms in total. The van der Waals surface area contributed by atoms with Gasteiger partial charge in [0.15, 0.2) is 6.10 Å². The first-order valence-electron chi connectivity index (χ1n) is 6.39. The number of esters is 1. The molecule has 0 N–H and O–H groups in total. The standard InChI is InChI=1S/C13H14F3NO3/c1-2-10(8-5-6-8)20-11(18)9-4-3-7-17(9)12(19)13(14,15)16/h1,8-10H,3-7H2/t9-,10+/m0/s1. The lowest BCUT2D eigenvalue weighted by molar-refractivity contribution is -0.188. The van der Waals surface area contributed by atoms with Gasteiger partial charge < -0.3 is 9.64 Å². The first-order chi connectivity index (χ1) is 9.34. The highest BCUT2D eigenvalue weighted by molar-refractivity contribution is 5.88. The molecule has 0 radical (unpaired) electrons. The maximum Gasteiger partial charge on any atom is 0.471 e. The van der Waals surface area contributed by atoms with Crippen molar-refractivity contribution in [3.8, 4) is 12.3 Å². The molecule has 1 heterocycles. The van der Waals surface area contributed by atoms with E-state index in [1.165, 1.54) is 0 Å². The number of carbonyl (C=O) groups excluding carboxylic acids is 2. The third-order valence-corrected chi connectivity index (χ3v) is 3.49. The third-order valence-electron chi connectivity index (χ3n) is 3.49. The molecule has 110 valence electrons. The third kappa shape index (κ3) is 3.06. The normalized spacial score (nSPS) is 24.1. The Labute approximate surface area is 114 Å². The van der Waals surface area contributed by atoms with Crippen molar-refractivity contribution in [2.75, 3.05) is 6.54 Å². The molecule has 0 aromatic carbocycles. The minimum absolute atomic E-state index is 0.0946. The number of amides is 1. The van der Waals surface area contributed by atoms with Crippen LogP contribution in [-0.4, -0.2) is 41.6 Å². The Kier molecular flexibility index (Phi) is 3.93. The Hall–Kier alpha value is -1.71. The van der Waals surface area contributed by atoms with Gasteiger partial charge in [-0.2, -0.15) is 13.2 Å². The van der Waals surface area contributed by atoms with Gasteiger partial charge in [0.25, 0.3) is 0 Å². The first-order valence-corrected chi connectivity index (χ1v) is 6.39. The molecule has 1 amide bonds. The molecule has 0 bridgehead atoms. The molecule has 2 rings (SSSR count). The van der Waals surface area contributed by atoms with Crippen LogP contribution in [0, 0.1) is 18.3 Å². The Bertz CT molecular complexity index is 451. The number of terminal acetylenes is 1. The number of rotatable bonds is 3. The van der Waals surface area contributed by atoms with Crippen LogP contribution in [0.25, 0.3) is 0 Å². The van der Waals surface area contributed by atoms with Gasteiger partial charge in [-0.05, 0) is 25.7 Å². The van der Waals surface area contributed by atoms with E-state index in [2.05, 4.69) is 5.92 Å². The smallest absolute Gasteiger partial charge is 0.447 e. The predicted octanol–water partition coefficient (Wildman–Crippen LogP) is 1.49. The van der Waals surface area contributed by atoms with Gasteiger partial charge in [0.2, 0.25) is 0 Å². The van der Waals surface area contributed by atoms with Crippen LogP contribution in [0.4, 0.5) is 13.2 Å². The van der Waals surface area contributed by atoms with Gasteiger partial charge in [0.05, 0.1) is 0 Å². The number of hydrogen-bond donors (Lipinski definition) is 0. The summed E-state index contributed by atoms with van der Waals surface area (Å²) in [5.41, 5.74) is 0. The molecule has 2 fully saturated rings. The summed E-state index contributed by atoms with van der Waals surface area (Å²) < 4.78 is 42.4. The van der Waals surface area contributed by atoms with Crippen molar-refractivity contribution in [2.45, 2.75) is 44.0 Å². The van der Waals surface area contributed by atoms with E-state index in [0.717, 1.165) is 12.8 Å². The van der Waals surface area contributed by atoms with Crippen molar-refractivity contribution in [3.63, 3.8) is 0 Å². The number of hydrogen-bond acceptors (Lipinski definition) is 3. The highest BCUT2D eigenvalue weighted by Gasteiger charge is 2.48. The minimum Gasteiger partial charge on any atom is -0.447 e. The molecule has 0 spiro atoms. The number of ether oxygens (including phenoxy) is 1. The van der Waals surface area contributed by atoms with Crippen LogP contribution in [0.3, 0.4) is 0 Å². The molecular formula is C13H14F3NO3. The highest BCUT2D eigenvalue weighted by Crippen LogP contribution is 2.35. The summed E-state index contributed by atoms with van der Waals surface area (Å²) in [5, 5.41) is 0. The monoisotopic (exact) mass is 289 g/mol. The van der Waals surface area contributed by atoms with E-state index in [1.54, 1.807) is 0 Å². The highest BCUT2D eigenvalue weighted by atomic mass is 19.4. The Morgan fingerprint density at radius 3 is 2.45 bits per heavy atom. The molecule has 20 heavy (non-hydrogen) atoms. The second-order valence-corrected chi connectivity index (χ2v) is 5.02. The molecule has 0 unspecified atom stereocenters. The molecule has 2 atom stereocenters. The summed E-state index contributed by atoms with van der Waals surface area (Å²) in [7, 11) is 0. The van der Waals surface area contributed by atoms with Gasteiger partial charge in [-0.1, -0.05) is 5.92 Å². The molecule has 1 saturated heterocycles. The van der Waals surface area contributed by atoms with E-state index in [1.807, 2.05) is 0 Å². The van der Waals surface area contributed by atoms with Crippen LogP contribution in [0.1, 0.15) is 25.7 Å². The van der Waals surface area contributed by atoms with E-state index in [4.69, 9.17) is 11.2 Å². The summed E-state index contributed by atoms with van der Waals surface area (Å²) in [5.74, 6) is -0.419. The predicted molar refractivity (Wildman–Crippen MR) is 62.2 cm³/mol. The molecule has 7 heteroatoms. The molecule has 1 aliphatic carbocycles. The fraction of sp³-hybridized carbons (Fsp3) is 0.692. The van der Waals surface area contributed by atoms with Crippen molar-refractivity contribution < 1.29 is 27.5 Å². The first kappa shape index (κ1) is 14.7. The SMILES string of the molecule is C#C[C@@H](OC(=O)[C@@H]1CCCN1C(=O)C(F)(F)F)C1CC1. The van der Waals surface area contributed by atoms with Gasteiger partial charge >= 0.3 is 18.1 Å². The summed E-state index contributed by atoms with van der Waals surface area (Å²) in [6, 6.07) is -1.18. The van der Waals surface area contributed by atoms with Crippen LogP contribution < -0.4 is 0 Å².